The number of hydrogen-bond donors (Lipinski definition) is 1. The zero-order valence-corrected chi connectivity index (χ0v) is 11.2. The Morgan fingerprint density at radius 3 is 2.88 bits per heavy atom. The first-order chi connectivity index (χ1) is 8.15. The Hall–Kier alpha value is -1.16. The van der Waals surface area contributed by atoms with Crippen LogP contribution in [0.2, 0.25) is 0 Å². The standard InChI is InChI=1S/C13H19NO2S/c1-3-17-8-4-7-16-13(15)12-6-5-11(14)9-10(12)2/h5-6,9H,3-4,7-8,14H2,1-2H3. The maximum Gasteiger partial charge on any atom is 0.338 e. The highest BCUT2D eigenvalue weighted by atomic mass is 32.2. The third-order valence-corrected chi connectivity index (χ3v) is 3.33. The van der Waals surface area contributed by atoms with Crippen molar-refractivity contribution in [3.05, 3.63) is 29.3 Å². The molecule has 0 fully saturated rings. The lowest BCUT2D eigenvalue weighted by molar-refractivity contribution is 0.0505. The molecule has 4 heteroatoms. The first kappa shape index (κ1) is 13.9. The van der Waals surface area contributed by atoms with Crippen LogP contribution in [0.25, 0.3) is 0 Å². The van der Waals surface area contributed by atoms with Crippen LogP contribution >= 0.6 is 11.8 Å². The number of benzene rings is 1. The maximum absolute atomic E-state index is 11.7. The van der Waals surface area contributed by atoms with E-state index in [9.17, 15) is 4.79 Å². The van der Waals surface area contributed by atoms with Crippen LogP contribution < -0.4 is 5.73 Å². The van der Waals surface area contributed by atoms with Gasteiger partial charge in [-0.15, -0.1) is 0 Å². The lowest BCUT2D eigenvalue weighted by atomic mass is 10.1. The first-order valence-corrected chi connectivity index (χ1v) is 6.91. The van der Waals surface area contributed by atoms with Gasteiger partial charge < -0.3 is 10.5 Å². The molecule has 3 nitrogen and oxygen atoms in total. The van der Waals surface area contributed by atoms with Gasteiger partial charge in [-0.1, -0.05) is 6.92 Å². The number of anilines is 1. The third-order valence-electron chi connectivity index (χ3n) is 2.34. The molecule has 94 valence electrons. The minimum absolute atomic E-state index is 0.260. The average Bonchev–Trinajstić information content (AvgIpc) is 2.28. The van der Waals surface area contributed by atoms with Gasteiger partial charge in [0, 0.05) is 5.69 Å². The lowest BCUT2D eigenvalue weighted by Gasteiger charge is -2.07. The van der Waals surface area contributed by atoms with Crippen molar-refractivity contribution in [3.63, 3.8) is 0 Å². The van der Waals surface area contributed by atoms with Crippen LogP contribution in [0.4, 0.5) is 5.69 Å². The van der Waals surface area contributed by atoms with Crippen LogP contribution in [0.5, 0.6) is 0 Å². The molecule has 0 bridgehead atoms. The zero-order valence-electron chi connectivity index (χ0n) is 10.4. The molecule has 0 spiro atoms. The predicted molar refractivity (Wildman–Crippen MR) is 73.5 cm³/mol. The van der Waals surface area contributed by atoms with Crippen molar-refractivity contribution in [1.29, 1.82) is 0 Å². The summed E-state index contributed by atoms with van der Waals surface area (Å²) in [5, 5.41) is 0. The fourth-order valence-corrected chi connectivity index (χ4v) is 2.07. The Morgan fingerprint density at radius 1 is 1.47 bits per heavy atom. The molecule has 0 amide bonds. The maximum atomic E-state index is 11.7. The van der Waals surface area contributed by atoms with Gasteiger partial charge in [-0.05, 0) is 48.6 Å². The summed E-state index contributed by atoms with van der Waals surface area (Å²) in [6.07, 6.45) is 0.901. The molecule has 1 rings (SSSR count). The summed E-state index contributed by atoms with van der Waals surface area (Å²) >= 11 is 1.85. The topological polar surface area (TPSA) is 52.3 Å². The molecule has 0 atom stereocenters. The number of ether oxygens (including phenoxy) is 1. The summed E-state index contributed by atoms with van der Waals surface area (Å²) in [5.41, 5.74) is 7.75. The third kappa shape index (κ3) is 4.69. The Balaban J connectivity index is 2.42. The van der Waals surface area contributed by atoms with E-state index in [1.165, 1.54) is 0 Å². The Bertz CT molecular complexity index is 380. The Morgan fingerprint density at radius 2 is 2.24 bits per heavy atom. The van der Waals surface area contributed by atoms with E-state index >= 15 is 0 Å². The molecule has 0 saturated heterocycles. The van der Waals surface area contributed by atoms with Gasteiger partial charge in [0.1, 0.15) is 0 Å². The van der Waals surface area contributed by atoms with Crippen LogP contribution in [0.15, 0.2) is 18.2 Å². The van der Waals surface area contributed by atoms with Crippen LogP contribution in [0.3, 0.4) is 0 Å². The fourth-order valence-electron chi connectivity index (χ4n) is 1.46. The molecule has 0 radical (unpaired) electrons. The zero-order chi connectivity index (χ0) is 12.7. The molecule has 1 aromatic rings. The van der Waals surface area contributed by atoms with E-state index in [-0.39, 0.29) is 5.97 Å². The molecule has 1 aromatic carbocycles. The van der Waals surface area contributed by atoms with Gasteiger partial charge in [0.05, 0.1) is 12.2 Å². The van der Waals surface area contributed by atoms with Gasteiger partial charge in [-0.3, -0.25) is 0 Å². The summed E-state index contributed by atoms with van der Waals surface area (Å²) in [4.78, 5) is 11.7. The molecule has 2 N–H and O–H groups in total. The van der Waals surface area contributed by atoms with E-state index in [0.717, 1.165) is 23.5 Å². The molecule has 0 aliphatic carbocycles. The van der Waals surface area contributed by atoms with Gasteiger partial charge >= 0.3 is 5.97 Å². The molecule has 0 saturated carbocycles. The van der Waals surface area contributed by atoms with E-state index in [4.69, 9.17) is 10.5 Å². The molecule has 0 aliphatic rings. The van der Waals surface area contributed by atoms with Crippen molar-refractivity contribution < 1.29 is 9.53 Å². The fraction of sp³-hybridized carbons (Fsp3) is 0.462. The SMILES string of the molecule is CCSCCCOC(=O)c1ccc(N)cc1C. The summed E-state index contributed by atoms with van der Waals surface area (Å²) in [7, 11) is 0. The second-order valence-electron chi connectivity index (χ2n) is 3.76. The lowest BCUT2D eigenvalue weighted by Crippen LogP contribution is -2.09. The number of nitrogens with two attached hydrogens (primary N) is 1. The van der Waals surface area contributed by atoms with Crippen molar-refractivity contribution in [2.45, 2.75) is 20.3 Å². The van der Waals surface area contributed by atoms with E-state index in [0.29, 0.717) is 17.9 Å². The Labute approximate surface area is 107 Å². The van der Waals surface area contributed by atoms with Crippen LogP contribution in [0, 0.1) is 6.92 Å². The number of aryl methyl sites for hydroxylation is 1. The summed E-state index contributed by atoms with van der Waals surface area (Å²) in [6, 6.07) is 5.22. The molecule has 0 unspecified atom stereocenters. The van der Waals surface area contributed by atoms with E-state index in [1.54, 1.807) is 18.2 Å². The molecular weight excluding hydrogens is 234 g/mol. The number of hydrogen-bond acceptors (Lipinski definition) is 4. The van der Waals surface area contributed by atoms with Crippen molar-refractivity contribution in [2.24, 2.45) is 0 Å². The number of nitrogen functional groups attached to an aromatic ring is 1. The Kier molecular flexibility index (Phi) is 5.91. The van der Waals surface area contributed by atoms with Gasteiger partial charge in [0.2, 0.25) is 0 Å². The molecule has 0 aromatic heterocycles. The van der Waals surface area contributed by atoms with E-state index in [1.807, 2.05) is 18.7 Å². The van der Waals surface area contributed by atoms with Crippen LogP contribution in [-0.2, 0) is 4.74 Å². The number of esters is 1. The monoisotopic (exact) mass is 253 g/mol. The number of thioether (sulfide) groups is 1. The van der Waals surface area contributed by atoms with Crippen LogP contribution in [-0.4, -0.2) is 24.1 Å². The second kappa shape index (κ2) is 7.22. The average molecular weight is 253 g/mol. The number of carbonyl (C=O) groups excluding carboxylic acids is 1. The van der Waals surface area contributed by atoms with E-state index in [2.05, 4.69) is 6.92 Å². The first-order valence-electron chi connectivity index (χ1n) is 5.76. The normalized spacial score (nSPS) is 10.2. The summed E-state index contributed by atoms with van der Waals surface area (Å²) in [6.45, 7) is 4.46. The van der Waals surface area contributed by atoms with Gasteiger partial charge in [-0.25, -0.2) is 4.79 Å². The smallest absolute Gasteiger partial charge is 0.338 e. The van der Waals surface area contributed by atoms with Crippen molar-refractivity contribution in [2.75, 3.05) is 23.8 Å². The van der Waals surface area contributed by atoms with E-state index < -0.39 is 0 Å². The largest absolute Gasteiger partial charge is 0.462 e. The molecule has 0 aliphatic heterocycles. The second-order valence-corrected chi connectivity index (χ2v) is 5.15. The number of carbonyl (C=O) groups is 1. The highest BCUT2D eigenvalue weighted by Crippen LogP contribution is 2.13. The minimum atomic E-state index is -0.260. The van der Waals surface area contributed by atoms with Crippen molar-refractivity contribution >= 4 is 23.4 Å². The summed E-state index contributed by atoms with van der Waals surface area (Å²) < 4.78 is 5.20. The predicted octanol–water partition coefficient (Wildman–Crippen LogP) is 2.88. The van der Waals surface area contributed by atoms with Gasteiger partial charge in [-0.2, -0.15) is 11.8 Å². The van der Waals surface area contributed by atoms with Crippen LogP contribution in [0.1, 0.15) is 29.3 Å². The minimum Gasteiger partial charge on any atom is -0.462 e. The van der Waals surface area contributed by atoms with Gasteiger partial charge in [0.25, 0.3) is 0 Å². The van der Waals surface area contributed by atoms with Crippen molar-refractivity contribution in [1.82, 2.24) is 0 Å². The quantitative estimate of drug-likeness (QED) is 0.481. The molecule has 0 heterocycles. The number of rotatable bonds is 6. The van der Waals surface area contributed by atoms with Crippen molar-refractivity contribution in [3.8, 4) is 0 Å². The molecule has 17 heavy (non-hydrogen) atoms. The molecular formula is C13H19NO2S. The highest BCUT2D eigenvalue weighted by molar-refractivity contribution is 7.99. The summed E-state index contributed by atoms with van der Waals surface area (Å²) in [5.74, 6) is 1.87. The highest BCUT2D eigenvalue weighted by Gasteiger charge is 2.09. The van der Waals surface area contributed by atoms with Gasteiger partial charge in [0.15, 0.2) is 0 Å².